The van der Waals surface area contributed by atoms with E-state index >= 15 is 0 Å². The van der Waals surface area contributed by atoms with Crippen LogP contribution in [0.25, 0.3) is 11.4 Å². The monoisotopic (exact) mass is 390 g/mol. The average molecular weight is 391 g/mol. The molecule has 3 heterocycles. The summed E-state index contributed by atoms with van der Waals surface area (Å²) in [5.74, 6) is 1.06. The smallest absolute Gasteiger partial charge is 0.327 e. The summed E-state index contributed by atoms with van der Waals surface area (Å²) >= 11 is 7.26. The van der Waals surface area contributed by atoms with E-state index < -0.39 is 5.69 Å². The zero-order valence-electron chi connectivity index (χ0n) is 14.4. The first-order valence-electron chi connectivity index (χ1n) is 8.75. The van der Waals surface area contributed by atoms with Gasteiger partial charge in [-0.05, 0) is 43.7 Å². The highest BCUT2D eigenvalue weighted by Gasteiger charge is 2.25. The van der Waals surface area contributed by atoms with E-state index in [0.29, 0.717) is 28.3 Å². The molecule has 0 amide bonds. The van der Waals surface area contributed by atoms with Crippen molar-refractivity contribution in [3.8, 4) is 11.4 Å². The van der Waals surface area contributed by atoms with Gasteiger partial charge in [-0.3, -0.25) is 9.36 Å². The molecule has 0 radical (unpaired) electrons. The average Bonchev–Trinajstić information content (AvgIpc) is 3.02. The van der Waals surface area contributed by atoms with Crippen molar-refractivity contribution in [1.82, 2.24) is 19.1 Å². The summed E-state index contributed by atoms with van der Waals surface area (Å²) in [4.78, 5) is 34.9. The predicted molar refractivity (Wildman–Crippen MR) is 102 cm³/mol. The van der Waals surface area contributed by atoms with E-state index in [9.17, 15) is 9.59 Å². The van der Waals surface area contributed by atoms with Crippen LogP contribution >= 0.6 is 22.9 Å². The summed E-state index contributed by atoms with van der Waals surface area (Å²) in [5.41, 5.74) is -0.220. The second kappa shape index (κ2) is 6.96. The molecular formula is C18H19ClN4O2S. The van der Waals surface area contributed by atoms with Gasteiger partial charge in [0.15, 0.2) is 10.3 Å². The quantitative estimate of drug-likeness (QED) is 0.687. The van der Waals surface area contributed by atoms with Gasteiger partial charge in [-0.15, -0.1) is 11.3 Å². The lowest BCUT2D eigenvalue weighted by molar-refractivity contribution is 0.278. The Labute approximate surface area is 159 Å². The molecule has 0 unspecified atom stereocenters. The zero-order valence-corrected chi connectivity index (χ0v) is 16.0. The van der Waals surface area contributed by atoms with E-state index in [2.05, 4.69) is 16.9 Å². The molecule has 3 aliphatic rings. The molecule has 0 bridgehead atoms. The molecule has 26 heavy (non-hydrogen) atoms. The van der Waals surface area contributed by atoms with Gasteiger partial charge < -0.3 is 4.57 Å². The Morgan fingerprint density at radius 2 is 2.04 bits per heavy atom. The van der Waals surface area contributed by atoms with Gasteiger partial charge in [0.2, 0.25) is 0 Å². The van der Waals surface area contributed by atoms with Crippen LogP contribution in [0.2, 0.25) is 4.47 Å². The maximum atomic E-state index is 13.0. The largest absolute Gasteiger partial charge is 0.352 e. The molecule has 1 aromatic rings. The Balaban J connectivity index is 1.77. The molecule has 0 aromatic carbocycles. The molecule has 0 atom stereocenters. The molecule has 136 valence electrons. The third kappa shape index (κ3) is 3.21. The molecule has 1 aliphatic carbocycles. The number of hydrogen-bond donors (Lipinski definition) is 0. The first kappa shape index (κ1) is 17.4. The van der Waals surface area contributed by atoms with Crippen molar-refractivity contribution in [3.05, 3.63) is 54.7 Å². The van der Waals surface area contributed by atoms with E-state index in [4.69, 9.17) is 11.6 Å². The number of halogens is 1. The topological polar surface area (TPSA) is 69.8 Å². The third-order valence-corrected chi connectivity index (χ3v) is 6.20. The lowest BCUT2D eigenvalue weighted by Gasteiger charge is -2.27. The second-order valence-electron chi connectivity index (χ2n) is 6.94. The molecule has 4 rings (SSSR count). The summed E-state index contributed by atoms with van der Waals surface area (Å²) in [6.07, 6.45) is 7.30. The standard InChI is InChI=1S/C18H19ClN4O2S/c1-11-4-6-12(7-5-11)23-16(24)14-3-2-8-22(15(14)21-18(23)25)10-13-9-20-17(19)26-13/h2-3,8-9,11-12H,4-7,10H2,1H3. The molecule has 1 fully saturated rings. The van der Waals surface area contributed by atoms with Crippen LogP contribution in [0.3, 0.4) is 0 Å². The van der Waals surface area contributed by atoms with Crippen LogP contribution in [0.4, 0.5) is 0 Å². The second-order valence-corrected chi connectivity index (χ2v) is 8.63. The van der Waals surface area contributed by atoms with Crippen molar-refractivity contribution in [3.63, 3.8) is 0 Å². The van der Waals surface area contributed by atoms with Gasteiger partial charge in [-0.2, -0.15) is 4.98 Å². The van der Waals surface area contributed by atoms with Crippen molar-refractivity contribution in [2.45, 2.75) is 45.2 Å². The van der Waals surface area contributed by atoms with Crippen molar-refractivity contribution >= 4 is 22.9 Å². The third-order valence-electron chi connectivity index (χ3n) is 5.10. The lowest BCUT2D eigenvalue weighted by atomic mass is 9.87. The first-order chi connectivity index (χ1) is 12.5. The van der Waals surface area contributed by atoms with Crippen molar-refractivity contribution in [1.29, 1.82) is 0 Å². The number of aromatic nitrogens is 4. The number of rotatable bonds is 3. The van der Waals surface area contributed by atoms with E-state index in [0.717, 1.165) is 30.6 Å². The van der Waals surface area contributed by atoms with Gasteiger partial charge in [-0.25, -0.2) is 9.78 Å². The van der Waals surface area contributed by atoms with Gasteiger partial charge in [0.25, 0.3) is 5.56 Å². The fourth-order valence-corrected chi connectivity index (χ4v) is 4.65. The fraction of sp³-hybridized carbons (Fsp3) is 0.444. The van der Waals surface area contributed by atoms with Gasteiger partial charge in [-0.1, -0.05) is 18.5 Å². The normalized spacial score (nSPS) is 20.5. The van der Waals surface area contributed by atoms with E-state index in [-0.39, 0.29) is 11.6 Å². The SMILES string of the molecule is CC1CCC(n2c(=O)nc3n(Cc4cnc(Cl)s4)cccc-3c2=O)CC1. The van der Waals surface area contributed by atoms with Gasteiger partial charge in [0, 0.05) is 23.3 Å². The molecule has 1 saturated carbocycles. The Morgan fingerprint density at radius 3 is 2.73 bits per heavy atom. The Kier molecular flexibility index (Phi) is 4.67. The van der Waals surface area contributed by atoms with Crippen LogP contribution in [-0.4, -0.2) is 19.1 Å². The van der Waals surface area contributed by atoms with E-state index in [1.807, 2.05) is 12.3 Å². The van der Waals surface area contributed by atoms with Crippen LogP contribution < -0.4 is 11.2 Å². The van der Waals surface area contributed by atoms with Crippen molar-refractivity contribution in [2.24, 2.45) is 5.92 Å². The molecule has 6 nitrogen and oxygen atoms in total. The highest BCUT2D eigenvalue weighted by Crippen LogP contribution is 2.30. The van der Waals surface area contributed by atoms with Crippen LogP contribution in [-0.2, 0) is 6.54 Å². The minimum atomic E-state index is -0.454. The summed E-state index contributed by atoms with van der Waals surface area (Å²) < 4.78 is 3.63. The molecule has 0 saturated heterocycles. The van der Waals surface area contributed by atoms with Gasteiger partial charge in [0.1, 0.15) is 0 Å². The molecule has 1 aromatic heterocycles. The highest BCUT2D eigenvalue weighted by atomic mass is 35.5. The number of hydrogen-bond acceptors (Lipinski definition) is 5. The number of fused-ring (bicyclic) bond motifs is 1. The number of nitrogens with zero attached hydrogens (tertiary/aromatic N) is 4. The molecule has 0 N–H and O–H groups in total. The predicted octanol–water partition coefficient (Wildman–Crippen LogP) is 3.42. The molecule has 0 spiro atoms. The van der Waals surface area contributed by atoms with Crippen molar-refractivity contribution < 1.29 is 0 Å². The van der Waals surface area contributed by atoms with Gasteiger partial charge >= 0.3 is 5.69 Å². The lowest BCUT2D eigenvalue weighted by Crippen LogP contribution is -2.41. The van der Waals surface area contributed by atoms with Crippen LogP contribution in [0.15, 0.2) is 34.1 Å². The number of thiazole rings is 1. The minimum Gasteiger partial charge on any atom is -0.327 e. The first-order valence-corrected chi connectivity index (χ1v) is 9.94. The van der Waals surface area contributed by atoms with Crippen LogP contribution in [0, 0.1) is 5.92 Å². The molecule has 2 aliphatic heterocycles. The molecular weight excluding hydrogens is 372 g/mol. The maximum absolute atomic E-state index is 13.0. The fourth-order valence-electron chi connectivity index (χ4n) is 3.67. The Morgan fingerprint density at radius 1 is 1.27 bits per heavy atom. The maximum Gasteiger partial charge on any atom is 0.352 e. The summed E-state index contributed by atoms with van der Waals surface area (Å²) in [6.45, 7) is 2.68. The summed E-state index contributed by atoms with van der Waals surface area (Å²) in [7, 11) is 0. The minimum absolute atomic E-state index is 0.0444. The summed E-state index contributed by atoms with van der Waals surface area (Å²) in [5, 5.41) is 0. The van der Waals surface area contributed by atoms with Crippen LogP contribution in [0.5, 0.6) is 0 Å². The van der Waals surface area contributed by atoms with Crippen LogP contribution in [0.1, 0.15) is 43.5 Å². The van der Waals surface area contributed by atoms with E-state index in [1.165, 1.54) is 15.9 Å². The zero-order chi connectivity index (χ0) is 18.3. The molecule has 8 heteroatoms. The number of pyridine rings is 1. The Hall–Kier alpha value is -1.99. The van der Waals surface area contributed by atoms with Crippen molar-refractivity contribution in [2.75, 3.05) is 0 Å². The van der Waals surface area contributed by atoms with E-state index in [1.54, 1.807) is 16.8 Å². The highest BCUT2D eigenvalue weighted by molar-refractivity contribution is 7.15. The Bertz CT molecular complexity index is 1020. The summed E-state index contributed by atoms with van der Waals surface area (Å²) in [6, 6.07) is 3.51. The van der Waals surface area contributed by atoms with Gasteiger partial charge in [0.05, 0.1) is 12.1 Å².